The fraction of sp³-hybridized carbons (Fsp3) is 0.391. The quantitative estimate of drug-likeness (QED) is 0.746. The minimum atomic E-state index is -0.665. The lowest BCUT2D eigenvalue weighted by Crippen LogP contribution is -2.47. The average molecular weight is 383 g/mol. The first-order valence-corrected chi connectivity index (χ1v) is 9.66. The van der Waals surface area contributed by atoms with Crippen molar-refractivity contribution in [3.05, 3.63) is 58.7 Å². The van der Waals surface area contributed by atoms with Crippen molar-refractivity contribution in [2.75, 3.05) is 11.9 Å². The molecule has 2 aromatic carbocycles. The van der Waals surface area contributed by atoms with Gasteiger partial charge in [0.15, 0.2) is 0 Å². The van der Waals surface area contributed by atoms with Crippen LogP contribution in [0.5, 0.6) is 5.75 Å². The second kappa shape index (κ2) is 9.40. The summed E-state index contributed by atoms with van der Waals surface area (Å²) in [6.07, 6.45) is 0. The van der Waals surface area contributed by atoms with Crippen molar-refractivity contribution in [2.45, 2.75) is 47.6 Å². The van der Waals surface area contributed by atoms with Crippen LogP contribution in [0.3, 0.4) is 0 Å². The molecule has 0 aliphatic carbocycles. The number of nitrogens with one attached hydrogen (secondary N) is 2. The van der Waals surface area contributed by atoms with E-state index in [1.54, 1.807) is 18.2 Å². The Hall–Kier alpha value is -2.82. The van der Waals surface area contributed by atoms with Gasteiger partial charge in [0.25, 0.3) is 5.91 Å². The number of rotatable bonds is 7. The van der Waals surface area contributed by atoms with E-state index in [9.17, 15) is 9.59 Å². The second-order valence-corrected chi connectivity index (χ2v) is 7.39. The SMILES string of the molecule is CCOc1ccccc1C(=O)N[C@H](C(=O)Nc1c(C)cc(C)cc1C)C(C)C. The van der Waals surface area contributed by atoms with Gasteiger partial charge in [-0.2, -0.15) is 0 Å². The lowest BCUT2D eigenvalue weighted by molar-refractivity contribution is -0.118. The van der Waals surface area contributed by atoms with Gasteiger partial charge in [-0.3, -0.25) is 9.59 Å². The molecule has 150 valence electrons. The third kappa shape index (κ3) is 5.12. The zero-order chi connectivity index (χ0) is 20.8. The minimum absolute atomic E-state index is 0.0748. The van der Waals surface area contributed by atoms with Crippen molar-refractivity contribution in [3.63, 3.8) is 0 Å². The number of ether oxygens (including phenoxy) is 1. The van der Waals surface area contributed by atoms with E-state index in [1.807, 2.05) is 59.7 Å². The van der Waals surface area contributed by atoms with E-state index in [2.05, 4.69) is 10.6 Å². The Labute approximate surface area is 167 Å². The van der Waals surface area contributed by atoms with E-state index in [1.165, 1.54) is 0 Å². The minimum Gasteiger partial charge on any atom is -0.493 e. The summed E-state index contributed by atoms with van der Waals surface area (Å²) in [5.41, 5.74) is 4.37. The van der Waals surface area contributed by atoms with E-state index in [0.717, 1.165) is 22.4 Å². The summed E-state index contributed by atoms with van der Waals surface area (Å²) in [4.78, 5) is 25.8. The van der Waals surface area contributed by atoms with Crippen molar-refractivity contribution >= 4 is 17.5 Å². The van der Waals surface area contributed by atoms with Crippen molar-refractivity contribution in [1.82, 2.24) is 5.32 Å². The van der Waals surface area contributed by atoms with Crippen LogP contribution in [-0.4, -0.2) is 24.5 Å². The van der Waals surface area contributed by atoms with Crippen molar-refractivity contribution in [1.29, 1.82) is 0 Å². The maximum Gasteiger partial charge on any atom is 0.255 e. The van der Waals surface area contributed by atoms with Crippen molar-refractivity contribution < 1.29 is 14.3 Å². The first kappa shape index (κ1) is 21.5. The number of carbonyl (C=O) groups is 2. The van der Waals surface area contributed by atoms with Gasteiger partial charge in [0, 0.05) is 5.69 Å². The predicted molar refractivity (Wildman–Crippen MR) is 113 cm³/mol. The van der Waals surface area contributed by atoms with Crippen LogP contribution in [0, 0.1) is 26.7 Å². The Kier molecular flexibility index (Phi) is 7.21. The Bertz CT molecular complexity index is 836. The number of hydrogen-bond acceptors (Lipinski definition) is 3. The van der Waals surface area contributed by atoms with Crippen LogP contribution in [0.4, 0.5) is 5.69 Å². The third-order valence-corrected chi connectivity index (χ3v) is 4.59. The fourth-order valence-electron chi connectivity index (χ4n) is 3.27. The Morgan fingerprint density at radius 3 is 2.21 bits per heavy atom. The van der Waals surface area contributed by atoms with E-state index in [0.29, 0.717) is 17.9 Å². The predicted octanol–water partition coefficient (Wildman–Crippen LogP) is 4.40. The molecule has 0 bridgehead atoms. The van der Waals surface area contributed by atoms with Crippen LogP contribution in [0.25, 0.3) is 0 Å². The highest BCUT2D eigenvalue weighted by Gasteiger charge is 2.26. The molecule has 0 saturated carbocycles. The number of hydrogen-bond donors (Lipinski definition) is 2. The maximum absolute atomic E-state index is 13.0. The van der Waals surface area contributed by atoms with Gasteiger partial charge in [0.1, 0.15) is 11.8 Å². The number of amides is 2. The van der Waals surface area contributed by atoms with Gasteiger partial charge >= 0.3 is 0 Å². The number of aryl methyl sites for hydroxylation is 3. The van der Waals surface area contributed by atoms with E-state index in [4.69, 9.17) is 4.74 Å². The van der Waals surface area contributed by atoms with Crippen molar-refractivity contribution in [2.24, 2.45) is 5.92 Å². The monoisotopic (exact) mass is 382 g/mol. The van der Waals surface area contributed by atoms with Gasteiger partial charge in [-0.25, -0.2) is 0 Å². The van der Waals surface area contributed by atoms with Crippen LogP contribution in [0.2, 0.25) is 0 Å². The number of anilines is 1. The average Bonchev–Trinajstić information content (AvgIpc) is 2.62. The molecule has 5 heteroatoms. The summed E-state index contributed by atoms with van der Waals surface area (Å²) >= 11 is 0. The number of para-hydroxylation sites is 1. The summed E-state index contributed by atoms with van der Waals surface area (Å²) in [7, 11) is 0. The Balaban J connectivity index is 2.22. The molecule has 2 N–H and O–H groups in total. The molecule has 2 aromatic rings. The summed E-state index contributed by atoms with van der Waals surface area (Å²) in [6, 6.07) is 10.4. The summed E-state index contributed by atoms with van der Waals surface area (Å²) in [6.45, 7) is 12.1. The molecule has 2 amide bonds. The molecule has 28 heavy (non-hydrogen) atoms. The molecule has 2 rings (SSSR count). The number of carbonyl (C=O) groups excluding carboxylic acids is 2. The lowest BCUT2D eigenvalue weighted by atomic mass is 10.0. The summed E-state index contributed by atoms with van der Waals surface area (Å²) in [5.74, 6) is -0.118. The molecule has 0 unspecified atom stereocenters. The molecular weight excluding hydrogens is 352 g/mol. The van der Waals surface area contributed by atoms with Crippen LogP contribution in [-0.2, 0) is 4.79 Å². The first-order valence-electron chi connectivity index (χ1n) is 9.66. The molecule has 0 saturated heterocycles. The van der Waals surface area contributed by atoms with Crippen molar-refractivity contribution in [3.8, 4) is 5.75 Å². The second-order valence-electron chi connectivity index (χ2n) is 7.39. The van der Waals surface area contributed by atoms with E-state index >= 15 is 0 Å². The zero-order valence-electron chi connectivity index (χ0n) is 17.6. The maximum atomic E-state index is 13.0. The van der Waals surface area contributed by atoms with E-state index in [-0.39, 0.29) is 17.7 Å². The zero-order valence-corrected chi connectivity index (χ0v) is 17.6. The van der Waals surface area contributed by atoms with Gasteiger partial charge in [-0.15, -0.1) is 0 Å². The van der Waals surface area contributed by atoms with Gasteiger partial charge in [-0.05, 0) is 56.9 Å². The molecule has 5 nitrogen and oxygen atoms in total. The van der Waals surface area contributed by atoms with Gasteiger partial charge in [-0.1, -0.05) is 43.7 Å². The standard InChI is InChI=1S/C23H30N2O3/c1-7-28-19-11-9-8-10-18(19)22(26)24-20(14(2)3)23(27)25-21-16(5)12-15(4)13-17(21)6/h8-14,20H,7H2,1-6H3,(H,24,26)(H,25,27)/t20-/m0/s1. The fourth-order valence-corrected chi connectivity index (χ4v) is 3.27. The van der Waals surface area contributed by atoms with Crippen LogP contribution in [0.1, 0.15) is 47.8 Å². The Morgan fingerprint density at radius 1 is 1.04 bits per heavy atom. The molecule has 1 atom stereocenters. The Morgan fingerprint density at radius 2 is 1.64 bits per heavy atom. The summed E-state index contributed by atoms with van der Waals surface area (Å²) < 4.78 is 5.54. The van der Waals surface area contributed by atoms with E-state index < -0.39 is 6.04 Å². The number of benzene rings is 2. The topological polar surface area (TPSA) is 67.4 Å². The highest BCUT2D eigenvalue weighted by atomic mass is 16.5. The van der Waals surface area contributed by atoms with Gasteiger partial charge in [0.05, 0.1) is 12.2 Å². The molecule has 0 aliphatic heterocycles. The molecule has 0 heterocycles. The summed E-state index contributed by atoms with van der Waals surface area (Å²) in [5, 5.41) is 5.87. The van der Waals surface area contributed by atoms with Crippen LogP contribution >= 0.6 is 0 Å². The normalized spacial score (nSPS) is 11.8. The van der Waals surface area contributed by atoms with Gasteiger partial charge < -0.3 is 15.4 Å². The molecule has 0 aliphatic rings. The molecule has 0 fully saturated rings. The molecule has 0 spiro atoms. The van der Waals surface area contributed by atoms with Crippen LogP contribution < -0.4 is 15.4 Å². The van der Waals surface area contributed by atoms with Crippen LogP contribution in [0.15, 0.2) is 36.4 Å². The largest absolute Gasteiger partial charge is 0.493 e. The highest BCUT2D eigenvalue weighted by molar-refractivity contribution is 6.03. The smallest absolute Gasteiger partial charge is 0.255 e. The molecular formula is C23H30N2O3. The first-order chi connectivity index (χ1) is 13.2. The third-order valence-electron chi connectivity index (χ3n) is 4.59. The molecule has 0 radical (unpaired) electrons. The highest BCUT2D eigenvalue weighted by Crippen LogP contribution is 2.23. The van der Waals surface area contributed by atoms with Gasteiger partial charge in [0.2, 0.25) is 5.91 Å². The lowest BCUT2D eigenvalue weighted by Gasteiger charge is -2.23. The molecule has 0 aromatic heterocycles.